The Balaban J connectivity index is 0.000000523. The van der Waals surface area contributed by atoms with Crippen LogP contribution in [0.5, 0.6) is 0 Å². The van der Waals surface area contributed by atoms with Crippen LogP contribution in [0, 0.1) is 11.8 Å². The van der Waals surface area contributed by atoms with Crippen LogP contribution in [0.25, 0.3) is 0 Å². The van der Waals surface area contributed by atoms with Crippen LogP contribution in [0.2, 0.25) is 10.0 Å². The van der Waals surface area contributed by atoms with E-state index in [0.717, 1.165) is 0 Å². The van der Waals surface area contributed by atoms with Gasteiger partial charge in [-0.1, -0.05) is 94.7 Å². The van der Waals surface area contributed by atoms with Gasteiger partial charge in [-0.3, -0.25) is 0 Å². The van der Waals surface area contributed by atoms with E-state index >= 15 is 0 Å². The Morgan fingerprint density at radius 3 is 1.10 bits per heavy atom. The number of aliphatic hydroxyl groups is 4. The highest BCUT2D eigenvalue weighted by Gasteiger charge is 2.23. The van der Waals surface area contributed by atoms with Crippen LogP contribution in [-0.4, -0.2) is 32.6 Å². The summed E-state index contributed by atoms with van der Waals surface area (Å²) in [6, 6.07) is 14.0. The molecular weight excluding hydrogens is 411 g/mol. The molecule has 2 rings (SSSR count). The summed E-state index contributed by atoms with van der Waals surface area (Å²) in [5.41, 5.74) is 1.16. The molecule has 0 aliphatic rings. The van der Waals surface area contributed by atoms with Gasteiger partial charge < -0.3 is 20.4 Å². The van der Waals surface area contributed by atoms with E-state index in [-0.39, 0.29) is 19.3 Å². The Labute approximate surface area is 184 Å². The van der Waals surface area contributed by atoms with Crippen LogP contribution in [-0.2, 0) is 0 Å². The molecule has 0 amide bonds. The van der Waals surface area contributed by atoms with Gasteiger partial charge in [0.2, 0.25) is 0 Å². The maximum atomic E-state index is 9.81. The first-order chi connectivity index (χ1) is 13.1. The highest BCUT2D eigenvalue weighted by Crippen LogP contribution is 2.28. The van der Waals surface area contributed by atoms with Crippen molar-refractivity contribution in [1.29, 1.82) is 0 Å². The van der Waals surface area contributed by atoms with Crippen molar-refractivity contribution in [2.75, 3.05) is 0 Å². The van der Waals surface area contributed by atoms with E-state index in [1.807, 2.05) is 27.7 Å². The fraction of sp³-hybridized carbons (Fsp3) is 0.478. The van der Waals surface area contributed by atoms with Crippen molar-refractivity contribution in [3.8, 4) is 0 Å². The zero-order chi connectivity index (χ0) is 21.4. The number of halogens is 2. The quantitative estimate of drug-likeness (QED) is 0.479. The molecule has 0 fully saturated rings. The van der Waals surface area contributed by atoms with Gasteiger partial charge in [0, 0.05) is 21.2 Å². The third kappa shape index (κ3) is 8.25. The Hall–Kier alpha value is -1.14. The fourth-order valence-electron chi connectivity index (χ4n) is 2.53. The Kier molecular flexibility index (Phi) is 12.7. The summed E-state index contributed by atoms with van der Waals surface area (Å²) in [5.74, 6) is 0.00236. The van der Waals surface area contributed by atoms with Crippen LogP contribution >= 0.6 is 23.2 Å². The summed E-state index contributed by atoms with van der Waals surface area (Å²) in [4.78, 5) is 0. The molecular formula is C23H34Cl2O4. The van der Waals surface area contributed by atoms with Gasteiger partial charge in [-0.05, 0) is 24.0 Å². The minimum Gasteiger partial charge on any atom is -0.390 e. The highest BCUT2D eigenvalue weighted by molar-refractivity contribution is 6.31. The summed E-state index contributed by atoms with van der Waals surface area (Å²) in [6.07, 6.45) is -3.39. The molecule has 0 spiro atoms. The van der Waals surface area contributed by atoms with Crippen molar-refractivity contribution < 1.29 is 20.4 Å². The summed E-state index contributed by atoms with van der Waals surface area (Å²) in [6.45, 7) is 7.41. The molecule has 2 aromatic carbocycles. The average Bonchev–Trinajstić information content (AvgIpc) is 2.66. The predicted molar refractivity (Wildman–Crippen MR) is 121 cm³/mol. The monoisotopic (exact) mass is 444 g/mol. The zero-order valence-electron chi connectivity index (χ0n) is 16.6. The molecule has 0 aliphatic heterocycles. The second-order valence-electron chi connectivity index (χ2n) is 7.40. The van der Waals surface area contributed by atoms with E-state index in [4.69, 9.17) is 23.2 Å². The van der Waals surface area contributed by atoms with Gasteiger partial charge in [-0.2, -0.15) is 0 Å². The van der Waals surface area contributed by atoms with Gasteiger partial charge in [0.25, 0.3) is 0 Å². The van der Waals surface area contributed by atoms with E-state index in [0.29, 0.717) is 21.2 Å². The van der Waals surface area contributed by atoms with Crippen molar-refractivity contribution in [1.82, 2.24) is 0 Å². The van der Waals surface area contributed by atoms with Crippen LogP contribution < -0.4 is 0 Å². The molecule has 0 saturated carbocycles. The van der Waals surface area contributed by atoms with Crippen LogP contribution in [0.15, 0.2) is 48.5 Å². The van der Waals surface area contributed by atoms with Gasteiger partial charge in [-0.15, -0.1) is 0 Å². The molecule has 164 valence electrons. The summed E-state index contributed by atoms with van der Waals surface area (Å²) in [5, 5.41) is 39.9. The standard InChI is InChI=1S/2C11H15ClO2.CH4/c2*1-7(2)10(13)11(14)8-5-3-4-6-9(8)12;/h2*3-7,10-11,13-14H,1-2H3;1H4/t2*10-,11-;/m10./s1. The van der Waals surface area contributed by atoms with Crippen LogP contribution in [0.1, 0.15) is 58.5 Å². The van der Waals surface area contributed by atoms with E-state index in [9.17, 15) is 20.4 Å². The fourth-order valence-corrected chi connectivity index (χ4v) is 3.02. The number of benzene rings is 2. The zero-order valence-corrected chi connectivity index (χ0v) is 18.1. The van der Waals surface area contributed by atoms with Crippen LogP contribution in [0.3, 0.4) is 0 Å². The molecule has 0 aromatic heterocycles. The second-order valence-corrected chi connectivity index (χ2v) is 8.22. The Morgan fingerprint density at radius 2 is 0.862 bits per heavy atom. The van der Waals surface area contributed by atoms with E-state index in [2.05, 4.69) is 0 Å². The molecule has 0 aliphatic carbocycles. The number of hydrogen-bond acceptors (Lipinski definition) is 4. The third-order valence-electron chi connectivity index (χ3n) is 4.46. The molecule has 2 aromatic rings. The maximum absolute atomic E-state index is 9.81. The molecule has 6 heteroatoms. The van der Waals surface area contributed by atoms with Crippen molar-refractivity contribution in [2.45, 2.75) is 59.5 Å². The topological polar surface area (TPSA) is 80.9 Å². The minimum absolute atomic E-state index is 0. The summed E-state index contributed by atoms with van der Waals surface area (Å²) in [7, 11) is 0. The third-order valence-corrected chi connectivity index (χ3v) is 5.15. The lowest BCUT2D eigenvalue weighted by Gasteiger charge is -2.22. The van der Waals surface area contributed by atoms with E-state index in [1.165, 1.54) is 0 Å². The van der Waals surface area contributed by atoms with Gasteiger partial charge in [-0.25, -0.2) is 0 Å². The maximum Gasteiger partial charge on any atom is 0.107 e. The predicted octanol–water partition coefficient (Wildman–Crippen LogP) is 5.42. The largest absolute Gasteiger partial charge is 0.390 e. The number of rotatable bonds is 6. The van der Waals surface area contributed by atoms with Crippen LogP contribution in [0.4, 0.5) is 0 Å². The number of aliphatic hydroxyl groups excluding tert-OH is 4. The van der Waals surface area contributed by atoms with Gasteiger partial charge in [0.1, 0.15) is 12.2 Å². The molecule has 0 radical (unpaired) electrons. The Morgan fingerprint density at radius 1 is 0.586 bits per heavy atom. The second kappa shape index (κ2) is 13.2. The molecule has 0 bridgehead atoms. The molecule has 0 heterocycles. The van der Waals surface area contributed by atoms with Gasteiger partial charge in [0.05, 0.1) is 12.2 Å². The first-order valence-corrected chi connectivity index (χ1v) is 10.0. The van der Waals surface area contributed by atoms with Crippen molar-refractivity contribution in [3.05, 3.63) is 69.7 Å². The first-order valence-electron chi connectivity index (χ1n) is 9.29. The first kappa shape index (κ1) is 27.9. The van der Waals surface area contributed by atoms with Crippen molar-refractivity contribution >= 4 is 23.2 Å². The summed E-state index contributed by atoms with van der Waals surface area (Å²) >= 11 is 11.8. The number of hydrogen-bond donors (Lipinski definition) is 4. The molecule has 0 saturated heterocycles. The average molecular weight is 445 g/mol. The minimum atomic E-state index is -0.913. The lowest BCUT2D eigenvalue weighted by Crippen LogP contribution is -2.24. The lowest BCUT2D eigenvalue weighted by atomic mass is 9.96. The SMILES string of the molecule is C.CC(C)[C@@H](O)[C@H](O)c1ccccc1Cl.CC(C)[C@H](O)[C@@H](O)c1ccccc1Cl. The van der Waals surface area contributed by atoms with Gasteiger partial charge in [0.15, 0.2) is 0 Å². The molecule has 4 atom stereocenters. The van der Waals surface area contributed by atoms with Gasteiger partial charge >= 0.3 is 0 Å². The lowest BCUT2D eigenvalue weighted by molar-refractivity contribution is -0.00934. The van der Waals surface area contributed by atoms with Crippen molar-refractivity contribution in [3.63, 3.8) is 0 Å². The normalized spacial score (nSPS) is 15.0. The smallest absolute Gasteiger partial charge is 0.107 e. The van der Waals surface area contributed by atoms with E-state index < -0.39 is 24.4 Å². The summed E-state index contributed by atoms with van der Waals surface area (Å²) < 4.78 is 0. The molecule has 4 nitrogen and oxygen atoms in total. The molecule has 29 heavy (non-hydrogen) atoms. The Bertz CT molecular complexity index is 660. The molecule has 4 N–H and O–H groups in total. The molecule has 0 unspecified atom stereocenters. The van der Waals surface area contributed by atoms with Crippen molar-refractivity contribution in [2.24, 2.45) is 11.8 Å². The van der Waals surface area contributed by atoms with E-state index in [1.54, 1.807) is 48.5 Å². The highest BCUT2D eigenvalue weighted by atomic mass is 35.5.